The van der Waals surface area contributed by atoms with Crippen LogP contribution in [0.1, 0.15) is 23.8 Å². The quantitative estimate of drug-likeness (QED) is 0.915. The Balaban J connectivity index is 2.20. The van der Waals surface area contributed by atoms with Gasteiger partial charge in [-0.1, -0.05) is 18.2 Å². The third kappa shape index (κ3) is 3.84. The van der Waals surface area contributed by atoms with Crippen molar-refractivity contribution >= 4 is 22.5 Å². The zero-order chi connectivity index (χ0) is 15.6. The number of alkyl halides is 3. The van der Waals surface area contributed by atoms with Crippen molar-refractivity contribution in [2.45, 2.75) is 25.6 Å². The summed E-state index contributed by atoms with van der Waals surface area (Å²) in [5, 5.41) is 2.96. The Morgan fingerprint density at radius 2 is 2.05 bits per heavy atom. The summed E-state index contributed by atoms with van der Waals surface area (Å²) in [6, 6.07) is 7.28. The van der Waals surface area contributed by atoms with E-state index in [0.717, 1.165) is 0 Å². The van der Waals surface area contributed by atoms with E-state index in [9.17, 15) is 18.0 Å². The van der Waals surface area contributed by atoms with E-state index in [1.165, 1.54) is 13.0 Å². The van der Waals surface area contributed by atoms with Crippen LogP contribution in [0.5, 0.6) is 0 Å². The molecule has 2 aromatic rings. The first kappa shape index (κ1) is 15.1. The molecule has 0 aliphatic carbocycles. The van der Waals surface area contributed by atoms with Gasteiger partial charge in [0.2, 0.25) is 0 Å². The fourth-order valence-corrected chi connectivity index (χ4v) is 2.01. The number of anilines is 1. The number of carbonyl (C=O) groups excluding carboxylic acids is 1. The molecule has 3 N–H and O–H groups in total. The standard InChI is InChI=1S/C14H14F3N3O/c1-8(7-14(15,16)17)19-13(21)12-6-10(18)9-4-2-3-5-11(9)20-12/h2-6,8H,7H2,1H3,(H2,18,20)(H,19,21). The third-order valence-corrected chi connectivity index (χ3v) is 2.90. The Bertz CT molecular complexity index is 670. The van der Waals surface area contributed by atoms with Crippen molar-refractivity contribution in [3.8, 4) is 0 Å². The zero-order valence-corrected chi connectivity index (χ0v) is 11.2. The van der Waals surface area contributed by atoms with Gasteiger partial charge in [0.05, 0.1) is 11.9 Å². The molecule has 0 saturated heterocycles. The van der Waals surface area contributed by atoms with Crippen LogP contribution in [0.3, 0.4) is 0 Å². The smallest absolute Gasteiger partial charge is 0.391 e. The zero-order valence-electron chi connectivity index (χ0n) is 11.2. The van der Waals surface area contributed by atoms with E-state index in [-0.39, 0.29) is 5.69 Å². The minimum atomic E-state index is -4.33. The van der Waals surface area contributed by atoms with Crippen LogP contribution in [0.15, 0.2) is 30.3 Å². The molecule has 1 unspecified atom stereocenters. The summed E-state index contributed by atoms with van der Waals surface area (Å²) >= 11 is 0. The van der Waals surface area contributed by atoms with Crippen molar-refractivity contribution in [1.82, 2.24) is 10.3 Å². The summed E-state index contributed by atoms with van der Waals surface area (Å²) in [4.78, 5) is 16.1. The number of nitrogens with zero attached hydrogens (tertiary/aromatic N) is 1. The topological polar surface area (TPSA) is 68.0 Å². The highest BCUT2D eigenvalue weighted by atomic mass is 19.4. The minimum Gasteiger partial charge on any atom is -0.398 e. The second-order valence-electron chi connectivity index (χ2n) is 4.81. The van der Waals surface area contributed by atoms with Crippen LogP contribution in [-0.2, 0) is 0 Å². The maximum absolute atomic E-state index is 12.2. The molecule has 1 atom stereocenters. The van der Waals surface area contributed by atoms with Gasteiger partial charge in [-0.2, -0.15) is 13.2 Å². The molecule has 1 amide bonds. The highest BCUT2D eigenvalue weighted by Gasteiger charge is 2.30. The second kappa shape index (κ2) is 5.59. The van der Waals surface area contributed by atoms with E-state index in [4.69, 9.17) is 5.73 Å². The lowest BCUT2D eigenvalue weighted by molar-refractivity contribution is -0.138. The molecule has 0 bridgehead atoms. The molecule has 7 heteroatoms. The Morgan fingerprint density at radius 3 is 2.71 bits per heavy atom. The molecule has 112 valence electrons. The molecule has 1 heterocycles. The number of amides is 1. The molecule has 4 nitrogen and oxygen atoms in total. The number of nitrogens with one attached hydrogen (secondary N) is 1. The Kier molecular flexibility index (Phi) is 4.02. The Labute approximate surface area is 119 Å². The van der Waals surface area contributed by atoms with Gasteiger partial charge in [0.1, 0.15) is 5.69 Å². The first-order valence-corrected chi connectivity index (χ1v) is 6.29. The molecule has 1 aromatic carbocycles. The molecule has 0 aliphatic heterocycles. The first-order chi connectivity index (χ1) is 9.76. The van der Waals surface area contributed by atoms with E-state index >= 15 is 0 Å². The van der Waals surface area contributed by atoms with E-state index in [2.05, 4.69) is 10.3 Å². The highest BCUT2D eigenvalue weighted by molar-refractivity contribution is 5.99. The van der Waals surface area contributed by atoms with Crippen LogP contribution in [-0.4, -0.2) is 23.1 Å². The number of hydrogen-bond donors (Lipinski definition) is 2. The monoisotopic (exact) mass is 297 g/mol. The summed E-state index contributed by atoms with van der Waals surface area (Å²) in [6.45, 7) is 1.29. The van der Waals surface area contributed by atoms with Gasteiger partial charge in [-0.05, 0) is 19.1 Å². The van der Waals surface area contributed by atoms with Crippen LogP contribution in [0.4, 0.5) is 18.9 Å². The number of benzene rings is 1. The van der Waals surface area contributed by atoms with Crippen LogP contribution in [0, 0.1) is 0 Å². The molecule has 1 aromatic heterocycles. The van der Waals surface area contributed by atoms with E-state index < -0.39 is 24.5 Å². The summed E-state index contributed by atoms with van der Waals surface area (Å²) in [6.07, 6.45) is -5.43. The van der Waals surface area contributed by atoms with Crippen molar-refractivity contribution in [2.24, 2.45) is 0 Å². The fraction of sp³-hybridized carbons (Fsp3) is 0.286. The lowest BCUT2D eigenvalue weighted by Crippen LogP contribution is -2.36. The van der Waals surface area contributed by atoms with Crippen molar-refractivity contribution in [1.29, 1.82) is 0 Å². The molecular formula is C14H14F3N3O. The van der Waals surface area contributed by atoms with Crippen molar-refractivity contribution in [2.75, 3.05) is 5.73 Å². The lowest BCUT2D eigenvalue weighted by Gasteiger charge is -2.15. The van der Waals surface area contributed by atoms with Gasteiger partial charge in [0, 0.05) is 17.1 Å². The van der Waals surface area contributed by atoms with E-state index in [0.29, 0.717) is 16.6 Å². The van der Waals surface area contributed by atoms with Crippen molar-refractivity contribution < 1.29 is 18.0 Å². The summed E-state index contributed by atoms with van der Waals surface area (Å²) in [5.41, 5.74) is 6.70. The number of para-hydroxylation sites is 1. The fourth-order valence-electron chi connectivity index (χ4n) is 2.01. The average molecular weight is 297 g/mol. The maximum atomic E-state index is 12.2. The summed E-state index contributed by atoms with van der Waals surface area (Å²) in [7, 11) is 0. The molecule has 21 heavy (non-hydrogen) atoms. The normalized spacial score (nSPS) is 13.1. The van der Waals surface area contributed by atoms with Crippen molar-refractivity contribution in [3.63, 3.8) is 0 Å². The molecule has 0 saturated carbocycles. The first-order valence-electron chi connectivity index (χ1n) is 6.29. The Morgan fingerprint density at radius 1 is 1.38 bits per heavy atom. The number of nitrogen functional groups attached to an aromatic ring is 1. The summed E-state index contributed by atoms with van der Waals surface area (Å²) < 4.78 is 36.7. The summed E-state index contributed by atoms with van der Waals surface area (Å²) in [5.74, 6) is -0.677. The van der Waals surface area contributed by atoms with Gasteiger partial charge in [-0.25, -0.2) is 4.98 Å². The number of rotatable bonds is 3. The van der Waals surface area contributed by atoms with Crippen LogP contribution in [0.2, 0.25) is 0 Å². The molecule has 0 radical (unpaired) electrons. The predicted molar refractivity (Wildman–Crippen MR) is 73.8 cm³/mol. The number of halogens is 3. The van der Waals surface area contributed by atoms with Crippen molar-refractivity contribution in [3.05, 3.63) is 36.0 Å². The second-order valence-corrected chi connectivity index (χ2v) is 4.81. The SMILES string of the molecule is CC(CC(F)(F)F)NC(=O)c1cc(N)c2ccccc2n1. The molecule has 0 fully saturated rings. The van der Waals surface area contributed by atoms with Crippen LogP contribution >= 0.6 is 0 Å². The van der Waals surface area contributed by atoms with Crippen LogP contribution in [0.25, 0.3) is 10.9 Å². The van der Waals surface area contributed by atoms with Crippen LogP contribution < -0.4 is 11.1 Å². The maximum Gasteiger partial charge on any atom is 0.391 e. The molecular weight excluding hydrogens is 283 g/mol. The van der Waals surface area contributed by atoms with E-state index in [1.807, 2.05) is 0 Å². The lowest BCUT2D eigenvalue weighted by atomic mass is 10.1. The largest absolute Gasteiger partial charge is 0.398 e. The molecule has 0 spiro atoms. The van der Waals surface area contributed by atoms with E-state index in [1.54, 1.807) is 24.3 Å². The Hall–Kier alpha value is -2.31. The minimum absolute atomic E-state index is 0.000208. The number of hydrogen-bond acceptors (Lipinski definition) is 3. The molecule has 0 aliphatic rings. The van der Waals surface area contributed by atoms with Gasteiger partial charge in [0.15, 0.2) is 0 Å². The number of pyridine rings is 1. The highest BCUT2D eigenvalue weighted by Crippen LogP contribution is 2.22. The van der Waals surface area contributed by atoms with Gasteiger partial charge in [-0.3, -0.25) is 4.79 Å². The number of aromatic nitrogens is 1. The van der Waals surface area contributed by atoms with Gasteiger partial charge >= 0.3 is 6.18 Å². The average Bonchev–Trinajstić information content (AvgIpc) is 2.36. The number of nitrogens with two attached hydrogens (primary N) is 1. The van der Waals surface area contributed by atoms with Gasteiger partial charge < -0.3 is 11.1 Å². The van der Waals surface area contributed by atoms with Gasteiger partial charge in [0.25, 0.3) is 5.91 Å². The van der Waals surface area contributed by atoms with Gasteiger partial charge in [-0.15, -0.1) is 0 Å². The number of carbonyl (C=O) groups is 1. The number of fused-ring (bicyclic) bond motifs is 1. The third-order valence-electron chi connectivity index (χ3n) is 2.90. The molecule has 2 rings (SSSR count). The predicted octanol–water partition coefficient (Wildman–Crippen LogP) is 2.89.